The van der Waals surface area contributed by atoms with Crippen LogP contribution in [0.3, 0.4) is 0 Å². The summed E-state index contributed by atoms with van der Waals surface area (Å²) in [6, 6.07) is 8.74. The summed E-state index contributed by atoms with van der Waals surface area (Å²) in [6.45, 7) is 4.03. The molecule has 0 bridgehead atoms. The Morgan fingerprint density at radius 1 is 1.08 bits per heavy atom. The number of nitrogens with zero attached hydrogens (tertiary/aromatic N) is 3. The molecule has 0 amide bonds. The van der Waals surface area contributed by atoms with Crippen molar-refractivity contribution in [2.75, 3.05) is 33.4 Å². The van der Waals surface area contributed by atoms with Crippen molar-refractivity contribution in [2.24, 2.45) is 0 Å². The molecule has 0 radical (unpaired) electrons. The van der Waals surface area contributed by atoms with Gasteiger partial charge in [0, 0.05) is 49.7 Å². The van der Waals surface area contributed by atoms with E-state index in [1.807, 2.05) is 24.4 Å². The van der Waals surface area contributed by atoms with Gasteiger partial charge in [0.1, 0.15) is 5.75 Å². The van der Waals surface area contributed by atoms with Crippen LogP contribution in [0.2, 0.25) is 0 Å². The molecule has 0 saturated carbocycles. The van der Waals surface area contributed by atoms with Crippen LogP contribution in [0.4, 0.5) is 0 Å². The van der Waals surface area contributed by atoms with E-state index in [-0.39, 0.29) is 0 Å². The van der Waals surface area contributed by atoms with Crippen LogP contribution in [0.5, 0.6) is 5.75 Å². The Hall–Kier alpha value is -1.98. The molecule has 26 heavy (non-hydrogen) atoms. The Bertz CT molecular complexity index is 731. The predicted molar refractivity (Wildman–Crippen MR) is 101 cm³/mol. The van der Waals surface area contributed by atoms with E-state index in [2.05, 4.69) is 16.0 Å². The number of rotatable bonds is 4. The molecule has 2 aliphatic heterocycles. The Morgan fingerprint density at radius 2 is 1.88 bits per heavy atom. The van der Waals surface area contributed by atoms with Crippen LogP contribution >= 0.6 is 0 Å². The first-order valence-electron chi connectivity index (χ1n) is 9.63. The lowest BCUT2D eigenvalue weighted by Gasteiger charge is -2.40. The SMILES string of the molecule is COc1ccccc1-c1nccnc1[C@H]1CCCN(C2CCOCC2)C1. The molecule has 0 spiro atoms. The van der Waals surface area contributed by atoms with E-state index in [0.29, 0.717) is 12.0 Å². The minimum atomic E-state index is 0.417. The van der Waals surface area contributed by atoms with Gasteiger partial charge in [-0.25, -0.2) is 0 Å². The fourth-order valence-corrected chi connectivity index (χ4v) is 4.31. The molecule has 3 heterocycles. The summed E-state index contributed by atoms with van der Waals surface area (Å²) in [5.74, 6) is 1.27. The number of hydrogen-bond donors (Lipinski definition) is 0. The number of aromatic nitrogens is 2. The molecule has 2 aliphatic rings. The third-order valence-corrected chi connectivity index (χ3v) is 5.64. The van der Waals surface area contributed by atoms with Gasteiger partial charge in [-0.2, -0.15) is 0 Å². The highest BCUT2D eigenvalue weighted by Crippen LogP contribution is 2.36. The Labute approximate surface area is 155 Å². The fraction of sp³-hybridized carbons (Fsp3) is 0.524. The number of likely N-dealkylation sites (tertiary alicyclic amines) is 1. The summed E-state index contributed by atoms with van der Waals surface area (Å²) in [4.78, 5) is 12.1. The normalized spacial score (nSPS) is 22.3. The average Bonchev–Trinajstić information content (AvgIpc) is 2.74. The molecule has 2 saturated heterocycles. The van der Waals surface area contributed by atoms with Crippen LogP contribution in [0.1, 0.15) is 37.3 Å². The van der Waals surface area contributed by atoms with E-state index in [1.165, 1.54) is 19.4 Å². The molecule has 1 atom stereocenters. The number of hydrogen-bond acceptors (Lipinski definition) is 5. The van der Waals surface area contributed by atoms with Gasteiger partial charge in [-0.05, 0) is 44.4 Å². The molecule has 138 valence electrons. The van der Waals surface area contributed by atoms with Gasteiger partial charge in [-0.3, -0.25) is 14.9 Å². The first-order chi connectivity index (χ1) is 12.9. The second-order valence-electron chi connectivity index (χ2n) is 7.17. The highest BCUT2D eigenvalue weighted by atomic mass is 16.5. The molecule has 2 fully saturated rings. The third kappa shape index (κ3) is 3.60. The van der Waals surface area contributed by atoms with Crippen LogP contribution in [-0.2, 0) is 4.74 Å². The zero-order chi connectivity index (χ0) is 17.8. The highest BCUT2D eigenvalue weighted by molar-refractivity contribution is 5.69. The molecule has 0 N–H and O–H groups in total. The molecular formula is C21H27N3O2. The summed E-state index contributed by atoms with van der Waals surface area (Å²) in [6.07, 6.45) is 8.27. The number of methoxy groups -OCH3 is 1. The summed E-state index contributed by atoms with van der Waals surface area (Å²) in [5, 5.41) is 0. The number of para-hydroxylation sites is 1. The summed E-state index contributed by atoms with van der Waals surface area (Å²) >= 11 is 0. The van der Waals surface area contributed by atoms with Crippen LogP contribution in [0, 0.1) is 0 Å². The van der Waals surface area contributed by atoms with Crippen molar-refractivity contribution in [2.45, 2.75) is 37.6 Å². The summed E-state index contributed by atoms with van der Waals surface area (Å²) < 4.78 is 11.1. The lowest BCUT2D eigenvalue weighted by Crippen LogP contribution is -2.44. The van der Waals surface area contributed by atoms with Crippen LogP contribution < -0.4 is 4.74 Å². The average molecular weight is 353 g/mol. The van der Waals surface area contributed by atoms with Crippen molar-refractivity contribution in [3.8, 4) is 17.0 Å². The van der Waals surface area contributed by atoms with E-state index in [4.69, 9.17) is 14.5 Å². The van der Waals surface area contributed by atoms with Crippen LogP contribution in [0.25, 0.3) is 11.3 Å². The van der Waals surface area contributed by atoms with Crippen LogP contribution in [-0.4, -0.2) is 54.3 Å². The lowest BCUT2D eigenvalue weighted by atomic mass is 9.89. The Morgan fingerprint density at radius 3 is 2.73 bits per heavy atom. The largest absolute Gasteiger partial charge is 0.496 e. The minimum Gasteiger partial charge on any atom is -0.496 e. The zero-order valence-electron chi connectivity index (χ0n) is 15.4. The van der Waals surface area contributed by atoms with Gasteiger partial charge in [-0.1, -0.05) is 12.1 Å². The minimum absolute atomic E-state index is 0.417. The third-order valence-electron chi connectivity index (χ3n) is 5.64. The maximum absolute atomic E-state index is 5.57. The van der Waals surface area contributed by atoms with Gasteiger partial charge in [0.25, 0.3) is 0 Å². The molecule has 1 aromatic carbocycles. The van der Waals surface area contributed by atoms with Gasteiger partial charge in [-0.15, -0.1) is 0 Å². The van der Waals surface area contributed by atoms with E-state index >= 15 is 0 Å². The fourth-order valence-electron chi connectivity index (χ4n) is 4.31. The predicted octanol–water partition coefficient (Wildman–Crippen LogP) is 3.51. The lowest BCUT2D eigenvalue weighted by molar-refractivity contribution is 0.0238. The Balaban J connectivity index is 1.61. The van der Waals surface area contributed by atoms with Gasteiger partial charge in [0.05, 0.1) is 18.5 Å². The molecular weight excluding hydrogens is 326 g/mol. The zero-order valence-corrected chi connectivity index (χ0v) is 15.4. The van der Waals surface area contributed by atoms with E-state index in [0.717, 1.165) is 55.3 Å². The van der Waals surface area contributed by atoms with Crippen LogP contribution in [0.15, 0.2) is 36.7 Å². The second kappa shape index (κ2) is 8.14. The summed E-state index contributed by atoms with van der Waals surface area (Å²) in [7, 11) is 1.71. The van der Waals surface area contributed by atoms with E-state index in [9.17, 15) is 0 Å². The molecule has 5 heteroatoms. The highest BCUT2D eigenvalue weighted by Gasteiger charge is 2.30. The van der Waals surface area contributed by atoms with Gasteiger partial charge in [0.2, 0.25) is 0 Å². The maximum Gasteiger partial charge on any atom is 0.128 e. The number of piperidine rings is 1. The van der Waals surface area contributed by atoms with Crippen molar-refractivity contribution < 1.29 is 9.47 Å². The Kier molecular flexibility index (Phi) is 5.46. The monoisotopic (exact) mass is 353 g/mol. The first kappa shape index (κ1) is 17.4. The molecule has 0 aliphatic carbocycles. The van der Waals surface area contributed by atoms with Gasteiger partial charge >= 0.3 is 0 Å². The maximum atomic E-state index is 5.57. The number of benzene rings is 1. The quantitative estimate of drug-likeness (QED) is 0.842. The van der Waals surface area contributed by atoms with Crippen molar-refractivity contribution in [1.82, 2.24) is 14.9 Å². The van der Waals surface area contributed by atoms with Crippen molar-refractivity contribution in [3.05, 3.63) is 42.4 Å². The van der Waals surface area contributed by atoms with Crippen molar-refractivity contribution >= 4 is 0 Å². The van der Waals surface area contributed by atoms with E-state index in [1.54, 1.807) is 13.3 Å². The van der Waals surface area contributed by atoms with Crippen molar-refractivity contribution in [3.63, 3.8) is 0 Å². The molecule has 5 nitrogen and oxygen atoms in total. The first-order valence-corrected chi connectivity index (χ1v) is 9.63. The van der Waals surface area contributed by atoms with Gasteiger partial charge in [0.15, 0.2) is 0 Å². The second-order valence-corrected chi connectivity index (χ2v) is 7.17. The molecule has 4 rings (SSSR count). The molecule has 2 aromatic rings. The smallest absolute Gasteiger partial charge is 0.128 e. The topological polar surface area (TPSA) is 47.5 Å². The summed E-state index contributed by atoms with van der Waals surface area (Å²) in [5.41, 5.74) is 3.10. The number of ether oxygens (including phenoxy) is 2. The molecule has 1 aromatic heterocycles. The van der Waals surface area contributed by atoms with E-state index < -0.39 is 0 Å². The standard InChI is InChI=1S/C21H27N3O2/c1-25-19-7-3-2-6-18(19)21-20(22-10-11-23-21)16-5-4-12-24(15-16)17-8-13-26-14-9-17/h2-3,6-7,10-11,16-17H,4-5,8-9,12-15H2,1H3/t16-/m0/s1. The van der Waals surface area contributed by atoms with Crippen molar-refractivity contribution in [1.29, 1.82) is 0 Å². The molecule has 0 unspecified atom stereocenters. The van der Waals surface area contributed by atoms with Gasteiger partial charge < -0.3 is 9.47 Å².